The first-order valence-corrected chi connectivity index (χ1v) is 15.7. The molecule has 9 heteroatoms. The molecule has 0 unspecified atom stereocenters. The highest BCUT2D eigenvalue weighted by Gasteiger charge is 2.33. The summed E-state index contributed by atoms with van der Waals surface area (Å²) >= 11 is 0. The van der Waals surface area contributed by atoms with Gasteiger partial charge in [-0.3, -0.25) is 4.79 Å². The van der Waals surface area contributed by atoms with E-state index in [1.54, 1.807) is 0 Å². The zero-order chi connectivity index (χ0) is 28.3. The van der Waals surface area contributed by atoms with Gasteiger partial charge in [0.05, 0.1) is 19.3 Å². The van der Waals surface area contributed by atoms with Crippen molar-refractivity contribution in [1.29, 1.82) is 0 Å². The molecular weight excluding hydrogens is 514 g/mol. The maximum absolute atomic E-state index is 13.0. The molecule has 3 aromatic rings. The lowest BCUT2D eigenvalue weighted by atomic mass is 9.80. The maximum atomic E-state index is 13.0. The molecule has 0 bridgehead atoms. The summed E-state index contributed by atoms with van der Waals surface area (Å²) in [6.07, 6.45) is 8.68. The number of imidazole rings is 1. The highest BCUT2D eigenvalue weighted by atomic mass is 16.5. The van der Waals surface area contributed by atoms with E-state index in [-0.39, 0.29) is 23.8 Å². The minimum absolute atomic E-state index is 0.0491. The fourth-order valence-electron chi connectivity index (χ4n) is 6.70. The fraction of sp³-hybridized carbons (Fsp3) is 0.625. The SMILES string of the molecule is CCNC(=O)c1nc(N[C@H](C)C2CCC2)c2c(n1)nc(N1CCOC[C@H]1c1ccccc1)n2CC1CCC(C)CC1. The highest BCUT2D eigenvalue weighted by Crippen LogP contribution is 2.38. The summed E-state index contributed by atoms with van der Waals surface area (Å²) in [5, 5.41) is 6.61. The smallest absolute Gasteiger partial charge is 0.289 e. The van der Waals surface area contributed by atoms with Gasteiger partial charge in [-0.15, -0.1) is 0 Å². The first-order chi connectivity index (χ1) is 20.0. The number of aromatic nitrogens is 4. The summed E-state index contributed by atoms with van der Waals surface area (Å²) in [7, 11) is 0. The van der Waals surface area contributed by atoms with Crippen LogP contribution in [0, 0.1) is 17.8 Å². The molecule has 3 fully saturated rings. The molecule has 3 heterocycles. The van der Waals surface area contributed by atoms with Crippen LogP contribution in [-0.2, 0) is 11.3 Å². The van der Waals surface area contributed by atoms with Gasteiger partial charge in [-0.05, 0) is 62.8 Å². The first kappa shape index (κ1) is 27.9. The molecule has 6 rings (SSSR count). The number of amides is 1. The van der Waals surface area contributed by atoms with Gasteiger partial charge in [0, 0.05) is 25.7 Å². The topological polar surface area (TPSA) is 97.2 Å². The van der Waals surface area contributed by atoms with Crippen LogP contribution in [-0.4, -0.2) is 57.8 Å². The molecule has 2 aromatic heterocycles. The van der Waals surface area contributed by atoms with Crippen molar-refractivity contribution in [1.82, 2.24) is 24.8 Å². The van der Waals surface area contributed by atoms with E-state index in [9.17, 15) is 4.79 Å². The van der Waals surface area contributed by atoms with Gasteiger partial charge in [0.1, 0.15) is 5.52 Å². The lowest BCUT2D eigenvalue weighted by molar-refractivity contribution is 0.0927. The van der Waals surface area contributed by atoms with E-state index < -0.39 is 0 Å². The Morgan fingerprint density at radius 2 is 1.85 bits per heavy atom. The standard InChI is InChI=1S/C32H45N7O2/c1-4-33-31(40)30-35-28(34-22(3)24-11-8-12-24)27-29(36-30)37-32(39(27)19-23-15-13-21(2)14-16-23)38-17-18-41-20-26(38)25-9-6-5-7-10-25/h5-7,9-10,21-24,26H,4,8,11-20H2,1-3H3,(H,33,40)(H,34,35,36)/t21?,22-,23?,26+/m1/s1. The summed E-state index contributed by atoms with van der Waals surface area (Å²) < 4.78 is 8.36. The molecular formula is C32H45N7O2. The minimum atomic E-state index is -0.264. The Labute approximate surface area is 243 Å². The van der Waals surface area contributed by atoms with Crippen molar-refractivity contribution in [3.63, 3.8) is 0 Å². The van der Waals surface area contributed by atoms with Crippen molar-refractivity contribution in [3.05, 3.63) is 41.7 Å². The van der Waals surface area contributed by atoms with Gasteiger partial charge in [0.15, 0.2) is 11.5 Å². The minimum Gasteiger partial charge on any atom is -0.377 e. The molecule has 2 N–H and O–H groups in total. The van der Waals surface area contributed by atoms with Crippen LogP contribution in [0.25, 0.3) is 11.2 Å². The number of benzene rings is 1. The molecule has 2 atom stereocenters. The van der Waals surface area contributed by atoms with Crippen molar-refractivity contribution < 1.29 is 9.53 Å². The number of morpholine rings is 1. The van der Waals surface area contributed by atoms with E-state index in [0.29, 0.717) is 37.2 Å². The molecule has 1 aromatic carbocycles. The Bertz CT molecular complexity index is 1330. The number of ether oxygens (including phenoxy) is 1. The summed E-state index contributed by atoms with van der Waals surface area (Å²) in [6, 6.07) is 10.9. The lowest BCUT2D eigenvalue weighted by Crippen LogP contribution is -2.41. The number of rotatable bonds is 9. The number of anilines is 2. The summed E-state index contributed by atoms with van der Waals surface area (Å²) in [6.45, 7) is 9.90. The Balaban J connectivity index is 1.48. The predicted octanol–water partition coefficient (Wildman–Crippen LogP) is 5.58. The molecule has 2 saturated carbocycles. The van der Waals surface area contributed by atoms with Crippen molar-refractivity contribution in [2.75, 3.05) is 36.5 Å². The van der Waals surface area contributed by atoms with Gasteiger partial charge < -0.3 is 24.8 Å². The van der Waals surface area contributed by atoms with Gasteiger partial charge in [-0.25, -0.2) is 9.97 Å². The molecule has 1 saturated heterocycles. The Hall–Kier alpha value is -3.20. The normalized spacial score (nSPS) is 24.2. The van der Waals surface area contributed by atoms with Crippen molar-refractivity contribution in [3.8, 4) is 0 Å². The number of hydrogen-bond acceptors (Lipinski definition) is 7. The van der Waals surface area contributed by atoms with Gasteiger partial charge in [-0.1, -0.05) is 56.5 Å². The van der Waals surface area contributed by atoms with Crippen LogP contribution in [0.4, 0.5) is 11.8 Å². The van der Waals surface area contributed by atoms with Crippen LogP contribution >= 0.6 is 0 Å². The van der Waals surface area contributed by atoms with Crippen LogP contribution in [0.3, 0.4) is 0 Å². The number of hydrogen-bond donors (Lipinski definition) is 2. The van der Waals surface area contributed by atoms with Gasteiger partial charge >= 0.3 is 0 Å². The fourth-order valence-corrected chi connectivity index (χ4v) is 6.70. The Kier molecular flexibility index (Phi) is 8.42. The van der Waals surface area contributed by atoms with Crippen molar-refractivity contribution in [2.45, 2.75) is 84.3 Å². The second kappa shape index (κ2) is 12.3. The van der Waals surface area contributed by atoms with Gasteiger partial charge in [-0.2, -0.15) is 4.98 Å². The van der Waals surface area contributed by atoms with Crippen molar-refractivity contribution in [2.24, 2.45) is 17.8 Å². The molecule has 41 heavy (non-hydrogen) atoms. The first-order valence-electron chi connectivity index (χ1n) is 15.7. The van der Waals surface area contributed by atoms with Crippen LogP contribution in [0.1, 0.15) is 87.9 Å². The van der Waals surface area contributed by atoms with E-state index in [2.05, 4.69) is 64.3 Å². The van der Waals surface area contributed by atoms with Crippen molar-refractivity contribution >= 4 is 28.8 Å². The summed E-state index contributed by atoms with van der Waals surface area (Å²) in [5.74, 6) is 3.51. The predicted molar refractivity (Wildman–Crippen MR) is 162 cm³/mol. The third-order valence-electron chi connectivity index (χ3n) is 9.49. The number of fused-ring (bicyclic) bond motifs is 1. The molecule has 1 aliphatic heterocycles. The number of nitrogens with one attached hydrogen (secondary N) is 2. The molecule has 0 spiro atoms. The molecule has 1 amide bonds. The van der Waals surface area contributed by atoms with E-state index in [1.807, 2.05) is 6.92 Å². The maximum Gasteiger partial charge on any atom is 0.289 e. The summed E-state index contributed by atoms with van der Waals surface area (Å²) in [5.41, 5.74) is 2.71. The van der Waals surface area contributed by atoms with E-state index in [1.165, 1.54) is 50.5 Å². The third-order valence-corrected chi connectivity index (χ3v) is 9.49. The average molecular weight is 560 g/mol. The molecule has 9 nitrogen and oxygen atoms in total. The van der Waals surface area contributed by atoms with Crippen LogP contribution < -0.4 is 15.5 Å². The molecule has 2 aliphatic carbocycles. The Morgan fingerprint density at radius 1 is 1.07 bits per heavy atom. The van der Waals surface area contributed by atoms with Crippen LogP contribution in [0.5, 0.6) is 0 Å². The van der Waals surface area contributed by atoms with Gasteiger partial charge in [0.25, 0.3) is 5.91 Å². The van der Waals surface area contributed by atoms with E-state index in [4.69, 9.17) is 19.7 Å². The van der Waals surface area contributed by atoms with Gasteiger partial charge in [0.2, 0.25) is 11.8 Å². The monoisotopic (exact) mass is 559 g/mol. The lowest BCUT2D eigenvalue weighted by Gasteiger charge is -2.37. The van der Waals surface area contributed by atoms with E-state index in [0.717, 1.165) is 36.3 Å². The highest BCUT2D eigenvalue weighted by molar-refractivity contribution is 5.95. The molecule has 0 radical (unpaired) electrons. The number of nitrogens with zero attached hydrogens (tertiary/aromatic N) is 5. The van der Waals surface area contributed by atoms with Crippen LogP contribution in [0.2, 0.25) is 0 Å². The molecule has 3 aliphatic rings. The Morgan fingerprint density at radius 3 is 2.56 bits per heavy atom. The zero-order valence-electron chi connectivity index (χ0n) is 24.8. The second-order valence-electron chi connectivity index (χ2n) is 12.4. The number of carbonyl (C=O) groups is 1. The molecule has 220 valence electrons. The zero-order valence-corrected chi connectivity index (χ0v) is 24.8. The average Bonchev–Trinajstić information content (AvgIpc) is 3.32. The van der Waals surface area contributed by atoms with E-state index >= 15 is 0 Å². The largest absolute Gasteiger partial charge is 0.377 e. The third kappa shape index (κ3) is 5.92. The quantitative estimate of drug-likeness (QED) is 0.353. The second-order valence-corrected chi connectivity index (χ2v) is 12.4. The van der Waals surface area contributed by atoms with Crippen LogP contribution in [0.15, 0.2) is 30.3 Å². The number of carbonyl (C=O) groups excluding carboxylic acids is 1. The summed E-state index contributed by atoms with van der Waals surface area (Å²) in [4.78, 5) is 30.2.